The first-order chi connectivity index (χ1) is 19.1. The molecule has 0 unspecified atom stereocenters. The number of pyridine rings is 1. The number of nitrogens with one attached hydrogen (secondary N) is 3. The minimum absolute atomic E-state index is 0.0646. The van der Waals surface area contributed by atoms with Gasteiger partial charge in [0.1, 0.15) is 17.5 Å². The second kappa shape index (κ2) is 14.6. The quantitative estimate of drug-likeness (QED) is 0.267. The van der Waals surface area contributed by atoms with Crippen LogP contribution in [0.15, 0.2) is 24.5 Å². The molecule has 2 aromatic rings. The Balaban J connectivity index is 1.59. The standard InChI is InChI=1S/C27H41N7O6/c1-27(2,3)40-26(37)34-17-20(35)15-21(34)24(36)30-10-6-8-18-16-31-25(33-23(18)29-11-7-13-38-4)32-19-9-12-28-22(14-19)39-5/h9,12,14,16,20-21,35H,6-8,10-11,13,15,17H2,1-5H3,(H,30,36)(H2,28,29,31,32,33)/t20-,21-/m0/s1. The predicted molar refractivity (Wildman–Crippen MR) is 150 cm³/mol. The number of aliphatic hydroxyl groups excluding tert-OH is 1. The van der Waals surface area contributed by atoms with Crippen molar-refractivity contribution in [3.05, 3.63) is 30.1 Å². The van der Waals surface area contributed by atoms with Crippen molar-refractivity contribution < 1.29 is 28.9 Å². The highest BCUT2D eigenvalue weighted by Gasteiger charge is 2.40. The summed E-state index contributed by atoms with van der Waals surface area (Å²) in [6.07, 6.45) is 4.22. The number of anilines is 3. The van der Waals surface area contributed by atoms with E-state index in [0.29, 0.717) is 50.2 Å². The van der Waals surface area contributed by atoms with Crippen molar-refractivity contribution >= 4 is 29.5 Å². The van der Waals surface area contributed by atoms with E-state index in [0.717, 1.165) is 17.7 Å². The highest BCUT2D eigenvalue weighted by atomic mass is 16.6. The molecule has 0 spiro atoms. The lowest BCUT2D eigenvalue weighted by atomic mass is 10.1. The lowest BCUT2D eigenvalue weighted by molar-refractivity contribution is -0.125. The van der Waals surface area contributed by atoms with E-state index < -0.39 is 23.8 Å². The molecule has 3 rings (SSSR count). The van der Waals surface area contributed by atoms with Crippen LogP contribution in [0.1, 0.15) is 45.6 Å². The zero-order valence-corrected chi connectivity index (χ0v) is 23.9. The van der Waals surface area contributed by atoms with Crippen LogP contribution in [-0.2, 0) is 20.7 Å². The molecule has 13 heteroatoms. The summed E-state index contributed by atoms with van der Waals surface area (Å²) in [5.74, 6) is 1.27. The number of carbonyl (C=O) groups excluding carboxylic acids is 2. The lowest BCUT2D eigenvalue weighted by Gasteiger charge is -2.27. The Bertz CT molecular complexity index is 1130. The van der Waals surface area contributed by atoms with Crippen molar-refractivity contribution in [1.29, 1.82) is 0 Å². The van der Waals surface area contributed by atoms with E-state index >= 15 is 0 Å². The molecule has 2 aromatic heterocycles. The van der Waals surface area contributed by atoms with Crippen LogP contribution in [0, 0.1) is 0 Å². The summed E-state index contributed by atoms with van der Waals surface area (Å²) in [4.78, 5) is 39.9. The molecule has 1 fully saturated rings. The molecule has 2 atom stereocenters. The van der Waals surface area contributed by atoms with Gasteiger partial charge in [-0.05, 0) is 46.1 Å². The van der Waals surface area contributed by atoms with E-state index in [2.05, 4.69) is 30.9 Å². The van der Waals surface area contributed by atoms with Crippen molar-refractivity contribution in [2.45, 2.75) is 64.2 Å². The van der Waals surface area contributed by atoms with E-state index in [1.54, 1.807) is 59.5 Å². The zero-order chi connectivity index (χ0) is 29.1. The number of aryl methyl sites for hydroxylation is 1. The van der Waals surface area contributed by atoms with Crippen molar-refractivity contribution in [2.24, 2.45) is 0 Å². The van der Waals surface area contributed by atoms with Crippen molar-refractivity contribution in [1.82, 2.24) is 25.2 Å². The SMILES string of the molecule is COCCCNc1nc(Nc2ccnc(OC)c2)ncc1CCCNC(=O)[C@@H]1C[C@H](O)CN1C(=O)OC(C)(C)C. The molecule has 40 heavy (non-hydrogen) atoms. The van der Waals surface area contributed by atoms with Gasteiger partial charge in [-0.3, -0.25) is 9.69 Å². The summed E-state index contributed by atoms with van der Waals surface area (Å²) in [5, 5.41) is 19.5. The van der Waals surface area contributed by atoms with Crippen molar-refractivity contribution in [2.75, 3.05) is 51.1 Å². The predicted octanol–water partition coefficient (Wildman–Crippen LogP) is 2.49. The van der Waals surface area contributed by atoms with E-state index in [9.17, 15) is 14.7 Å². The van der Waals surface area contributed by atoms with Crippen LogP contribution < -0.4 is 20.7 Å². The second-order valence-corrected chi connectivity index (χ2v) is 10.5. The maximum atomic E-state index is 12.9. The molecule has 0 radical (unpaired) electrons. The average Bonchev–Trinajstić information content (AvgIpc) is 3.31. The van der Waals surface area contributed by atoms with Crippen LogP contribution >= 0.6 is 0 Å². The Kier molecular flexibility index (Phi) is 11.3. The fourth-order valence-corrected chi connectivity index (χ4v) is 4.15. The maximum absolute atomic E-state index is 12.9. The van der Waals surface area contributed by atoms with Crippen LogP contribution in [0.3, 0.4) is 0 Å². The first-order valence-electron chi connectivity index (χ1n) is 13.4. The Morgan fingerprint density at radius 3 is 2.70 bits per heavy atom. The molecule has 0 bridgehead atoms. The molecule has 3 heterocycles. The van der Waals surface area contributed by atoms with Crippen LogP contribution in [-0.4, -0.2) is 95.2 Å². The number of β-amino-alcohol motifs (C(OH)–C–C–N with tert-alkyl or cyclic N) is 1. The molecular weight excluding hydrogens is 518 g/mol. The average molecular weight is 560 g/mol. The molecule has 4 N–H and O–H groups in total. The number of amides is 2. The number of nitrogens with zero attached hydrogens (tertiary/aromatic N) is 4. The summed E-state index contributed by atoms with van der Waals surface area (Å²) >= 11 is 0. The first-order valence-corrected chi connectivity index (χ1v) is 13.4. The summed E-state index contributed by atoms with van der Waals surface area (Å²) in [5.41, 5.74) is 0.945. The van der Waals surface area contributed by atoms with Crippen LogP contribution in [0.25, 0.3) is 0 Å². The van der Waals surface area contributed by atoms with E-state index in [4.69, 9.17) is 14.2 Å². The number of hydrogen-bond donors (Lipinski definition) is 4. The van der Waals surface area contributed by atoms with Gasteiger partial charge in [0.15, 0.2) is 0 Å². The van der Waals surface area contributed by atoms with Gasteiger partial charge in [0, 0.05) is 62.9 Å². The molecule has 2 amide bonds. The maximum Gasteiger partial charge on any atom is 0.411 e. The molecule has 13 nitrogen and oxygen atoms in total. The summed E-state index contributed by atoms with van der Waals surface area (Å²) in [6.45, 7) is 7.02. The highest BCUT2D eigenvalue weighted by molar-refractivity contribution is 5.86. The highest BCUT2D eigenvalue weighted by Crippen LogP contribution is 2.23. The largest absolute Gasteiger partial charge is 0.481 e. The van der Waals surface area contributed by atoms with Crippen LogP contribution in [0.4, 0.5) is 22.2 Å². The number of hydrogen-bond acceptors (Lipinski definition) is 11. The minimum Gasteiger partial charge on any atom is -0.481 e. The Labute approximate surface area is 235 Å². The fraction of sp³-hybridized carbons (Fsp3) is 0.593. The normalized spacial score (nSPS) is 16.9. The smallest absolute Gasteiger partial charge is 0.411 e. The minimum atomic E-state index is -0.775. The third-order valence-corrected chi connectivity index (χ3v) is 6.01. The first kappa shape index (κ1) is 30.8. The molecule has 1 aliphatic heterocycles. The Hall–Kier alpha value is -3.71. The van der Waals surface area contributed by atoms with Gasteiger partial charge in [-0.15, -0.1) is 0 Å². The van der Waals surface area contributed by atoms with Crippen LogP contribution in [0.2, 0.25) is 0 Å². The lowest BCUT2D eigenvalue weighted by Crippen LogP contribution is -2.47. The monoisotopic (exact) mass is 559 g/mol. The number of carbonyl (C=O) groups is 2. The van der Waals surface area contributed by atoms with Gasteiger partial charge < -0.3 is 35.3 Å². The fourth-order valence-electron chi connectivity index (χ4n) is 4.15. The van der Waals surface area contributed by atoms with Crippen molar-refractivity contribution in [3.63, 3.8) is 0 Å². The van der Waals surface area contributed by atoms with E-state index in [1.807, 2.05) is 0 Å². The number of methoxy groups -OCH3 is 2. The Morgan fingerprint density at radius 1 is 1.18 bits per heavy atom. The molecule has 1 saturated heterocycles. The molecule has 1 aliphatic rings. The van der Waals surface area contributed by atoms with Gasteiger partial charge in [0.25, 0.3) is 0 Å². The van der Waals surface area contributed by atoms with Gasteiger partial charge in [0.05, 0.1) is 19.8 Å². The zero-order valence-electron chi connectivity index (χ0n) is 23.9. The summed E-state index contributed by atoms with van der Waals surface area (Å²) in [7, 11) is 3.21. The third-order valence-electron chi connectivity index (χ3n) is 6.01. The second-order valence-electron chi connectivity index (χ2n) is 10.5. The molecule has 0 saturated carbocycles. The van der Waals surface area contributed by atoms with Gasteiger partial charge in [0.2, 0.25) is 17.7 Å². The number of ether oxygens (including phenoxy) is 3. The van der Waals surface area contributed by atoms with Gasteiger partial charge in [-0.25, -0.2) is 14.8 Å². The van der Waals surface area contributed by atoms with E-state index in [-0.39, 0.29) is 18.9 Å². The topological polar surface area (TPSA) is 160 Å². The number of aromatic nitrogens is 3. The van der Waals surface area contributed by atoms with E-state index in [1.165, 1.54) is 4.90 Å². The number of rotatable bonds is 13. The summed E-state index contributed by atoms with van der Waals surface area (Å²) in [6, 6.07) is 2.77. The van der Waals surface area contributed by atoms with Gasteiger partial charge in [-0.2, -0.15) is 4.98 Å². The number of likely N-dealkylation sites (tertiary alicyclic amines) is 1. The Morgan fingerprint density at radius 2 is 1.98 bits per heavy atom. The molecule has 0 aliphatic carbocycles. The molecule has 0 aromatic carbocycles. The third kappa shape index (κ3) is 9.49. The summed E-state index contributed by atoms with van der Waals surface area (Å²) < 4.78 is 15.7. The number of aliphatic hydroxyl groups is 1. The van der Waals surface area contributed by atoms with Gasteiger partial charge >= 0.3 is 6.09 Å². The van der Waals surface area contributed by atoms with Crippen molar-refractivity contribution in [3.8, 4) is 5.88 Å². The molecule has 220 valence electrons. The van der Waals surface area contributed by atoms with Crippen LogP contribution in [0.5, 0.6) is 5.88 Å². The molecular formula is C27H41N7O6. The van der Waals surface area contributed by atoms with Gasteiger partial charge in [-0.1, -0.05) is 0 Å².